The van der Waals surface area contributed by atoms with Gasteiger partial charge in [-0.25, -0.2) is 4.68 Å². The van der Waals surface area contributed by atoms with Crippen molar-refractivity contribution in [2.45, 2.75) is 32.7 Å². The number of aromatic nitrogens is 2. The molecule has 0 fully saturated rings. The predicted octanol–water partition coefficient (Wildman–Crippen LogP) is 3.47. The first-order valence-electron chi connectivity index (χ1n) is 8.86. The van der Waals surface area contributed by atoms with Gasteiger partial charge < -0.3 is 16.8 Å². The second-order valence-electron chi connectivity index (χ2n) is 7.44. The van der Waals surface area contributed by atoms with Crippen LogP contribution in [-0.2, 0) is 12.0 Å². The smallest absolute Gasteiger partial charge is 0.250 e. The van der Waals surface area contributed by atoms with Gasteiger partial charge in [-0.2, -0.15) is 5.10 Å². The van der Waals surface area contributed by atoms with Gasteiger partial charge in [-0.05, 0) is 23.8 Å². The van der Waals surface area contributed by atoms with Gasteiger partial charge in [0.15, 0.2) is 0 Å². The molecule has 0 atom stereocenters. The van der Waals surface area contributed by atoms with Crippen molar-refractivity contribution in [3.8, 4) is 5.69 Å². The first-order valence-corrected chi connectivity index (χ1v) is 8.86. The van der Waals surface area contributed by atoms with Crippen molar-refractivity contribution in [1.29, 1.82) is 0 Å². The quantitative estimate of drug-likeness (QED) is 0.646. The van der Waals surface area contributed by atoms with E-state index in [0.29, 0.717) is 17.8 Å². The van der Waals surface area contributed by atoms with E-state index < -0.39 is 5.91 Å². The largest absolute Gasteiger partial charge is 0.366 e. The first-order chi connectivity index (χ1) is 12.8. The van der Waals surface area contributed by atoms with Crippen LogP contribution in [-0.4, -0.2) is 15.7 Å². The number of nitrogens with two attached hydrogens (primary N) is 2. The van der Waals surface area contributed by atoms with Gasteiger partial charge in [-0.15, -0.1) is 0 Å². The Kier molecular flexibility index (Phi) is 5.01. The van der Waals surface area contributed by atoms with Gasteiger partial charge in [-0.1, -0.05) is 51.1 Å². The molecule has 6 nitrogen and oxygen atoms in total. The van der Waals surface area contributed by atoms with Gasteiger partial charge in [0, 0.05) is 18.0 Å². The topological polar surface area (TPSA) is 99.0 Å². The zero-order valence-electron chi connectivity index (χ0n) is 15.9. The second-order valence-corrected chi connectivity index (χ2v) is 7.44. The Labute approximate surface area is 159 Å². The summed E-state index contributed by atoms with van der Waals surface area (Å²) in [6.07, 6.45) is 0. The van der Waals surface area contributed by atoms with Crippen LogP contribution in [0.2, 0.25) is 0 Å². The lowest BCUT2D eigenvalue weighted by Gasteiger charge is -2.15. The predicted molar refractivity (Wildman–Crippen MR) is 108 cm³/mol. The van der Waals surface area contributed by atoms with Crippen molar-refractivity contribution >= 4 is 17.4 Å². The van der Waals surface area contributed by atoms with E-state index in [1.54, 1.807) is 12.1 Å². The third-order valence-electron chi connectivity index (χ3n) is 4.37. The summed E-state index contributed by atoms with van der Waals surface area (Å²) < 4.78 is 1.83. The normalized spacial score (nSPS) is 11.4. The highest BCUT2D eigenvalue weighted by atomic mass is 16.1. The maximum absolute atomic E-state index is 11.8. The Morgan fingerprint density at radius 3 is 2.44 bits per heavy atom. The highest BCUT2D eigenvalue weighted by Gasteiger charge is 2.22. The molecule has 140 valence electrons. The third kappa shape index (κ3) is 3.85. The zero-order valence-corrected chi connectivity index (χ0v) is 15.9. The summed E-state index contributed by atoms with van der Waals surface area (Å²) in [5, 5.41) is 8.14. The molecule has 0 spiro atoms. The van der Waals surface area contributed by atoms with Crippen molar-refractivity contribution in [2.75, 3.05) is 5.32 Å². The molecule has 1 heterocycles. The lowest BCUT2D eigenvalue weighted by molar-refractivity contribution is 0.100. The Hall–Kier alpha value is -3.12. The molecule has 1 aromatic heterocycles. The maximum atomic E-state index is 11.8. The minimum Gasteiger partial charge on any atom is -0.366 e. The van der Waals surface area contributed by atoms with E-state index in [1.807, 2.05) is 47.1 Å². The number of amides is 1. The molecule has 0 aliphatic carbocycles. The molecule has 0 bridgehead atoms. The molecule has 0 aliphatic rings. The monoisotopic (exact) mass is 363 g/mol. The number of rotatable bonds is 5. The van der Waals surface area contributed by atoms with Gasteiger partial charge in [0.05, 0.1) is 22.6 Å². The average molecular weight is 363 g/mol. The van der Waals surface area contributed by atoms with E-state index in [1.165, 1.54) is 0 Å². The fourth-order valence-corrected chi connectivity index (χ4v) is 2.86. The molecule has 27 heavy (non-hydrogen) atoms. The SMILES string of the molecule is CC(C)(C)c1cc(Nc2ccccc2C(N)=O)n(-c2ccccc2CN)n1. The molecule has 6 heteroatoms. The van der Waals surface area contributed by atoms with E-state index in [4.69, 9.17) is 16.6 Å². The summed E-state index contributed by atoms with van der Waals surface area (Å²) in [4.78, 5) is 11.8. The zero-order chi connectivity index (χ0) is 19.6. The molecule has 3 rings (SSSR count). The molecule has 0 radical (unpaired) electrons. The van der Waals surface area contributed by atoms with E-state index in [-0.39, 0.29) is 5.41 Å². The molecule has 0 unspecified atom stereocenters. The minimum atomic E-state index is -0.484. The molecule has 5 N–H and O–H groups in total. The van der Waals surface area contributed by atoms with E-state index in [2.05, 4.69) is 26.1 Å². The van der Waals surface area contributed by atoms with Crippen molar-refractivity contribution < 1.29 is 4.79 Å². The lowest BCUT2D eigenvalue weighted by atomic mass is 9.92. The van der Waals surface area contributed by atoms with Crippen LogP contribution in [0.5, 0.6) is 0 Å². The molecular weight excluding hydrogens is 338 g/mol. The van der Waals surface area contributed by atoms with E-state index in [9.17, 15) is 4.79 Å². The van der Waals surface area contributed by atoms with Crippen molar-refractivity contribution in [2.24, 2.45) is 11.5 Å². The Morgan fingerprint density at radius 2 is 1.78 bits per heavy atom. The number of benzene rings is 2. The van der Waals surface area contributed by atoms with Crippen LogP contribution in [0.4, 0.5) is 11.5 Å². The number of hydrogen-bond acceptors (Lipinski definition) is 4. The number of carbonyl (C=O) groups excluding carboxylic acids is 1. The third-order valence-corrected chi connectivity index (χ3v) is 4.37. The van der Waals surface area contributed by atoms with Crippen LogP contribution in [0.3, 0.4) is 0 Å². The number of para-hydroxylation sites is 2. The van der Waals surface area contributed by atoms with Crippen LogP contribution in [0, 0.1) is 0 Å². The van der Waals surface area contributed by atoms with Crippen molar-refractivity contribution in [3.05, 3.63) is 71.4 Å². The van der Waals surface area contributed by atoms with E-state index >= 15 is 0 Å². The highest BCUT2D eigenvalue weighted by molar-refractivity contribution is 5.99. The number of nitrogens with zero attached hydrogens (tertiary/aromatic N) is 2. The fourth-order valence-electron chi connectivity index (χ4n) is 2.86. The van der Waals surface area contributed by atoms with Crippen LogP contribution in [0.25, 0.3) is 5.69 Å². The number of nitrogens with one attached hydrogen (secondary N) is 1. The summed E-state index contributed by atoms with van der Waals surface area (Å²) in [6, 6.07) is 17.0. The molecule has 0 aliphatic heterocycles. The number of anilines is 2. The lowest BCUT2D eigenvalue weighted by Crippen LogP contribution is -2.14. The second kappa shape index (κ2) is 7.25. The highest BCUT2D eigenvalue weighted by Crippen LogP contribution is 2.30. The summed E-state index contributed by atoms with van der Waals surface area (Å²) in [6.45, 7) is 6.72. The summed E-state index contributed by atoms with van der Waals surface area (Å²) in [5.74, 6) is 0.261. The van der Waals surface area contributed by atoms with Crippen LogP contribution in [0.1, 0.15) is 42.4 Å². The summed E-state index contributed by atoms with van der Waals surface area (Å²) in [7, 11) is 0. The van der Waals surface area contributed by atoms with Crippen LogP contribution < -0.4 is 16.8 Å². The Bertz CT molecular complexity index is 969. The van der Waals surface area contributed by atoms with Gasteiger partial charge in [0.25, 0.3) is 5.91 Å². The van der Waals surface area contributed by atoms with Gasteiger partial charge in [0.2, 0.25) is 0 Å². The molecular formula is C21H25N5O. The fraction of sp³-hybridized carbons (Fsp3) is 0.238. The number of primary amides is 1. The average Bonchev–Trinajstić information content (AvgIpc) is 3.06. The maximum Gasteiger partial charge on any atom is 0.250 e. The molecule has 0 saturated carbocycles. The molecule has 0 saturated heterocycles. The molecule has 1 amide bonds. The van der Waals surface area contributed by atoms with Crippen molar-refractivity contribution in [1.82, 2.24) is 9.78 Å². The number of hydrogen-bond donors (Lipinski definition) is 3. The van der Waals surface area contributed by atoms with Crippen LogP contribution >= 0.6 is 0 Å². The van der Waals surface area contributed by atoms with Gasteiger partial charge >= 0.3 is 0 Å². The van der Waals surface area contributed by atoms with Gasteiger partial charge in [-0.3, -0.25) is 4.79 Å². The summed E-state index contributed by atoms with van der Waals surface area (Å²) >= 11 is 0. The number of carbonyl (C=O) groups is 1. The summed E-state index contributed by atoms with van der Waals surface area (Å²) in [5.41, 5.74) is 15.2. The standard InChI is InChI=1S/C21H25N5O/c1-21(2,3)18-12-19(24-16-10-6-5-9-15(16)20(23)27)26(25-18)17-11-7-4-8-14(17)13-22/h4-12,24H,13,22H2,1-3H3,(H2,23,27). The Balaban J connectivity index is 2.15. The van der Waals surface area contributed by atoms with Gasteiger partial charge in [0.1, 0.15) is 5.82 Å². The van der Waals surface area contributed by atoms with E-state index in [0.717, 1.165) is 22.8 Å². The minimum absolute atomic E-state index is 0.136. The van der Waals surface area contributed by atoms with Crippen molar-refractivity contribution in [3.63, 3.8) is 0 Å². The molecule has 2 aromatic carbocycles. The Morgan fingerprint density at radius 1 is 1.11 bits per heavy atom. The molecule has 3 aromatic rings. The van der Waals surface area contributed by atoms with Crippen LogP contribution in [0.15, 0.2) is 54.6 Å². The first kappa shape index (κ1) is 18.7.